The van der Waals surface area contributed by atoms with E-state index < -0.39 is 10.0 Å². The number of benzene rings is 2. The summed E-state index contributed by atoms with van der Waals surface area (Å²) in [6, 6.07) is 12.3. The molecule has 25 heavy (non-hydrogen) atoms. The maximum atomic E-state index is 12.2. The van der Waals surface area contributed by atoms with Crippen molar-refractivity contribution in [1.29, 1.82) is 0 Å². The fourth-order valence-corrected chi connectivity index (χ4v) is 3.45. The highest BCUT2D eigenvalue weighted by Gasteiger charge is 2.12. The van der Waals surface area contributed by atoms with E-state index in [-0.39, 0.29) is 10.8 Å². The Bertz CT molecular complexity index is 843. The van der Waals surface area contributed by atoms with E-state index in [9.17, 15) is 13.2 Å². The molecular formula is C19H24N2O3S. The number of carbonyl (C=O) groups excluding carboxylic acids is 1. The second-order valence-electron chi connectivity index (χ2n) is 5.95. The summed E-state index contributed by atoms with van der Waals surface area (Å²) < 4.78 is 26.2. The van der Waals surface area contributed by atoms with Gasteiger partial charge in [0.05, 0.1) is 4.90 Å². The van der Waals surface area contributed by atoms with E-state index in [2.05, 4.69) is 10.0 Å². The van der Waals surface area contributed by atoms with Gasteiger partial charge in [0.1, 0.15) is 0 Å². The predicted octanol–water partition coefficient (Wildman–Crippen LogP) is 2.57. The van der Waals surface area contributed by atoms with E-state index >= 15 is 0 Å². The first kappa shape index (κ1) is 19.1. The van der Waals surface area contributed by atoms with Crippen molar-refractivity contribution in [2.24, 2.45) is 0 Å². The number of aryl methyl sites for hydroxylation is 2. The van der Waals surface area contributed by atoms with Gasteiger partial charge in [-0.05, 0) is 61.2 Å². The number of rotatable bonds is 7. The van der Waals surface area contributed by atoms with Crippen LogP contribution >= 0.6 is 0 Å². The van der Waals surface area contributed by atoms with Gasteiger partial charge < -0.3 is 5.32 Å². The standard InChI is InChI=1S/C19H24N2O3S/c1-4-21-25(23,24)18-9-6-16(7-10-18)11-12-20-19(22)17-8-5-14(2)15(3)13-17/h5-10,13,21H,4,11-12H2,1-3H3,(H,20,22). The van der Waals surface area contributed by atoms with Gasteiger partial charge in [0.25, 0.3) is 5.91 Å². The molecule has 0 aliphatic heterocycles. The molecule has 0 unspecified atom stereocenters. The highest BCUT2D eigenvalue weighted by Crippen LogP contribution is 2.11. The summed E-state index contributed by atoms with van der Waals surface area (Å²) in [6.45, 7) is 6.58. The largest absolute Gasteiger partial charge is 0.352 e. The number of hydrogen-bond acceptors (Lipinski definition) is 3. The molecule has 0 saturated carbocycles. The lowest BCUT2D eigenvalue weighted by molar-refractivity contribution is 0.0954. The lowest BCUT2D eigenvalue weighted by Crippen LogP contribution is -2.26. The van der Waals surface area contributed by atoms with Crippen molar-refractivity contribution < 1.29 is 13.2 Å². The molecule has 2 aromatic rings. The molecule has 0 aliphatic rings. The van der Waals surface area contributed by atoms with Crippen molar-refractivity contribution in [2.75, 3.05) is 13.1 Å². The van der Waals surface area contributed by atoms with E-state index in [0.29, 0.717) is 25.1 Å². The second-order valence-corrected chi connectivity index (χ2v) is 7.72. The minimum absolute atomic E-state index is 0.102. The monoisotopic (exact) mass is 360 g/mol. The van der Waals surface area contributed by atoms with Crippen LogP contribution in [0.3, 0.4) is 0 Å². The van der Waals surface area contributed by atoms with Crippen LogP contribution in [0.4, 0.5) is 0 Å². The molecule has 0 bridgehead atoms. The molecule has 2 N–H and O–H groups in total. The van der Waals surface area contributed by atoms with Crippen LogP contribution in [0.5, 0.6) is 0 Å². The molecule has 0 aromatic heterocycles. The van der Waals surface area contributed by atoms with Gasteiger partial charge in [-0.25, -0.2) is 13.1 Å². The van der Waals surface area contributed by atoms with Crippen molar-refractivity contribution in [3.8, 4) is 0 Å². The lowest BCUT2D eigenvalue weighted by Gasteiger charge is -2.08. The summed E-state index contributed by atoms with van der Waals surface area (Å²) in [6.07, 6.45) is 0.637. The van der Waals surface area contributed by atoms with Crippen LogP contribution in [-0.2, 0) is 16.4 Å². The number of hydrogen-bond donors (Lipinski definition) is 2. The molecule has 2 rings (SSSR count). The van der Waals surface area contributed by atoms with E-state index in [1.807, 2.05) is 32.0 Å². The summed E-state index contributed by atoms with van der Waals surface area (Å²) in [5, 5.41) is 2.89. The Kier molecular flexibility index (Phi) is 6.33. The van der Waals surface area contributed by atoms with Gasteiger partial charge in [-0.15, -0.1) is 0 Å². The Balaban J connectivity index is 1.91. The van der Waals surface area contributed by atoms with Crippen molar-refractivity contribution in [1.82, 2.24) is 10.0 Å². The molecule has 0 saturated heterocycles. The average Bonchev–Trinajstić information content (AvgIpc) is 2.57. The summed E-state index contributed by atoms with van der Waals surface area (Å²) in [5.41, 5.74) is 3.86. The minimum atomic E-state index is -3.42. The van der Waals surface area contributed by atoms with Crippen LogP contribution in [0.25, 0.3) is 0 Å². The molecule has 2 aromatic carbocycles. The van der Waals surface area contributed by atoms with Crippen LogP contribution < -0.4 is 10.0 Å². The lowest BCUT2D eigenvalue weighted by atomic mass is 10.1. The van der Waals surface area contributed by atoms with Crippen LogP contribution in [0.15, 0.2) is 47.4 Å². The zero-order chi connectivity index (χ0) is 18.4. The molecule has 0 spiro atoms. The normalized spacial score (nSPS) is 11.3. The van der Waals surface area contributed by atoms with Crippen LogP contribution in [-0.4, -0.2) is 27.4 Å². The topological polar surface area (TPSA) is 75.3 Å². The van der Waals surface area contributed by atoms with Gasteiger partial charge in [-0.1, -0.05) is 25.1 Å². The Morgan fingerprint density at radius 2 is 1.68 bits per heavy atom. The maximum Gasteiger partial charge on any atom is 0.251 e. The third-order valence-electron chi connectivity index (χ3n) is 4.04. The first-order chi connectivity index (χ1) is 11.8. The summed E-state index contributed by atoms with van der Waals surface area (Å²) in [5.74, 6) is -0.102. The molecule has 0 fully saturated rings. The van der Waals surface area contributed by atoms with E-state index in [4.69, 9.17) is 0 Å². The van der Waals surface area contributed by atoms with Crippen molar-refractivity contribution in [3.05, 3.63) is 64.7 Å². The van der Waals surface area contributed by atoms with Gasteiger partial charge in [-0.2, -0.15) is 0 Å². The fourth-order valence-electron chi connectivity index (χ4n) is 2.41. The number of amides is 1. The van der Waals surface area contributed by atoms with E-state index in [0.717, 1.165) is 16.7 Å². The molecule has 6 heteroatoms. The molecule has 0 radical (unpaired) electrons. The SMILES string of the molecule is CCNS(=O)(=O)c1ccc(CCNC(=O)c2ccc(C)c(C)c2)cc1. The predicted molar refractivity (Wildman–Crippen MR) is 99.3 cm³/mol. The van der Waals surface area contributed by atoms with Gasteiger partial charge in [0, 0.05) is 18.7 Å². The zero-order valence-electron chi connectivity index (χ0n) is 14.8. The van der Waals surface area contributed by atoms with Crippen LogP contribution in [0.2, 0.25) is 0 Å². The van der Waals surface area contributed by atoms with Gasteiger partial charge in [0.2, 0.25) is 10.0 Å². The summed E-state index contributed by atoms with van der Waals surface area (Å²) >= 11 is 0. The smallest absolute Gasteiger partial charge is 0.251 e. The molecule has 5 nitrogen and oxygen atoms in total. The number of carbonyl (C=O) groups is 1. The Labute approximate surface area is 149 Å². The third-order valence-corrected chi connectivity index (χ3v) is 5.60. The highest BCUT2D eigenvalue weighted by atomic mass is 32.2. The van der Waals surface area contributed by atoms with Crippen LogP contribution in [0, 0.1) is 13.8 Å². The summed E-state index contributed by atoms with van der Waals surface area (Å²) in [4.78, 5) is 12.4. The van der Waals surface area contributed by atoms with Crippen LogP contribution in [0.1, 0.15) is 34.0 Å². The molecule has 134 valence electrons. The molecule has 0 atom stereocenters. The molecule has 1 amide bonds. The van der Waals surface area contributed by atoms with E-state index in [1.54, 1.807) is 31.2 Å². The van der Waals surface area contributed by atoms with Gasteiger partial charge >= 0.3 is 0 Å². The zero-order valence-corrected chi connectivity index (χ0v) is 15.6. The second kappa shape index (κ2) is 8.27. The average molecular weight is 360 g/mol. The third kappa shape index (κ3) is 5.14. The van der Waals surface area contributed by atoms with E-state index in [1.165, 1.54) is 0 Å². The maximum absolute atomic E-state index is 12.2. The fraction of sp³-hybridized carbons (Fsp3) is 0.316. The Hall–Kier alpha value is -2.18. The number of sulfonamides is 1. The summed E-state index contributed by atoms with van der Waals surface area (Å²) in [7, 11) is -3.42. The van der Waals surface area contributed by atoms with Crippen molar-refractivity contribution in [3.63, 3.8) is 0 Å². The molecule has 0 aliphatic carbocycles. The Morgan fingerprint density at radius 1 is 1.00 bits per heavy atom. The van der Waals surface area contributed by atoms with Crippen molar-refractivity contribution in [2.45, 2.75) is 32.1 Å². The molecule has 0 heterocycles. The molecular weight excluding hydrogens is 336 g/mol. The first-order valence-corrected chi connectivity index (χ1v) is 9.76. The van der Waals surface area contributed by atoms with Gasteiger partial charge in [0.15, 0.2) is 0 Å². The minimum Gasteiger partial charge on any atom is -0.352 e. The van der Waals surface area contributed by atoms with Gasteiger partial charge in [-0.3, -0.25) is 4.79 Å². The number of nitrogens with one attached hydrogen (secondary N) is 2. The quantitative estimate of drug-likeness (QED) is 0.797. The van der Waals surface area contributed by atoms with Crippen molar-refractivity contribution >= 4 is 15.9 Å². The highest BCUT2D eigenvalue weighted by molar-refractivity contribution is 7.89. The first-order valence-electron chi connectivity index (χ1n) is 8.27. The Morgan fingerprint density at radius 3 is 2.28 bits per heavy atom.